The first kappa shape index (κ1) is 10.4. The summed E-state index contributed by atoms with van der Waals surface area (Å²) in [5.41, 5.74) is 1.30. The van der Waals surface area contributed by atoms with Gasteiger partial charge in [-0.15, -0.1) is 0 Å². The van der Waals surface area contributed by atoms with Gasteiger partial charge >= 0.3 is 0 Å². The van der Waals surface area contributed by atoms with Crippen LogP contribution < -0.4 is 0 Å². The molecule has 0 atom stereocenters. The van der Waals surface area contributed by atoms with Gasteiger partial charge in [0.05, 0.1) is 0 Å². The average molecular weight is 288 g/mol. The first-order valence-electron chi connectivity index (χ1n) is 3.98. The monoisotopic (exact) mass is 288 g/mol. The maximum atomic E-state index is 11.2. The highest BCUT2D eigenvalue weighted by Crippen LogP contribution is 2.09. The van der Waals surface area contributed by atoms with Crippen LogP contribution >= 0.6 is 22.6 Å². The Morgan fingerprint density at radius 2 is 1.62 bits per heavy atom. The molecule has 1 rings (SSSR count). The third kappa shape index (κ3) is 2.62. The molecular weight excluding hydrogens is 279 g/mol. The lowest BCUT2D eigenvalue weighted by Crippen LogP contribution is -1.97. The van der Waals surface area contributed by atoms with Crippen LogP contribution in [0.1, 0.15) is 34.1 Å². The number of Topliss-reactive ketones (excluding diaryl/α,β-unsaturated/α-hetero) is 1. The molecule has 13 heavy (non-hydrogen) atoms. The fraction of sp³-hybridized carbons (Fsp3) is 0.200. The Labute approximate surface area is 90.5 Å². The van der Waals surface area contributed by atoms with Gasteiger partial charge in [0, 0.05) is 40.1 Å². The minimum atomic E-state index is -0.00639. The van der Waals surface area contributed by atoms with E-state index in [-0.39, 0.29) is 9.57 Å². The van der Waals surface area contributed by atoms with E-state index in [1.807, 2.05) is 6.92 Å². The van der Waals surface area contributed by atoms with Gasteiger partial charge in [0.25, 0.3) is 0 Å². The summed E-state index contributed by atoms with van der Waals surface area (Å²) in [4.78, 5) is 22.1. The van der Waals surface area contributed by atoms with Gasteiger partial charge in [-0.3, -0.25) is 9.59 Å². The number of hydrogen-bond donors (Lipinski definition) is 0. The van der Waals surface area contributed by atoms with Crippen molar-refractivity contribution in [3.8, 4) is 0 Å². The van der Waals surface area contributed by atoms with Crippen molar-refractivity contribution in [2.24, 2.45) is 0 Å². The van der Waals surface area contributed by atoms with Gasteiger partial charge in [-0.25, -0.2) is 0 Å². The molecule has 68 valence electrons. The van der Waals surface area contributed by atoms with Crippen LogP contribution in [0.2, 0.25) is 0 Å². The smallest absolute Gasteiger partial charge is 0.222 e. The molecule has 1 aromatic rings. The number of rotatable bonds is 3. The number of carbonyl (C=O) groups is 2. The number of halogens is 1. The minimum Gasteiger partial charge on any atom is -0.294 e. The Balaban J connectivity index is 2.93. The Hall–Kier alpha value is -0.710. The van der Waals surface area contributed by atoms with E-state index >= 15 is 0 Å². The van der Waals surface area contributed by atoms with E-state index < -0.39 is 0 Å². The van der Waals surface area contributed by atoms with Gasteiger partial charge in [-0.1, -0.05) is 19.1 Å². The second-order valence-electron chi connectivity index (χ2n) is 2.63. The van der Waals surface area contributed by atoms with Gasteiger partial charge in [-0.05, 0) is 12.1 Å². The number of carbonyl (C=O) groups excluding carboxylic acids is 2. The van der Waals surface area contributed by atoms with E-state index in [1.165, 1.54) is 0 Å². The number of benzene rings is 1. The molecule has 0 heterocycles. The highest BCUT2D eigenvalue weighted by atomic mass is 127. The fourth-order valence-corrected chi connectivity index (χ4v) is 1.35. The summed E-state index contributed by atoms with van der Waals surface area (Å²) in [7, 11) is 0. The zero-order chi connectivity index (χ0) is 9.84. The number of hydrogen-bond acceptors (Lipinski definition) is 2. The van der Waals surface area contributed by atoms with Crippen LogP contribution in [0.3, 0.4) is 0 Å². The molecule has 1 aromatic carbocycles. The van der Waals surface area contributed by atoms with Crippen LogP contribution in [0.4, 0.5) is 0 Å². The van der Waals surface area contributed by atoms with Crippen LogP contribution in [-0.4, -0.2) is 9.57 Å². The lowest BCUT2D eigenvalue weighted by atomic mass is 10.1. The first-order valence-corrected chi connectivity index (χ1v) is 5.06. The summed E-state index contributed by atoms with van der Waals surface area (Å²) >= 11 is 1.72. The first-order chi connectivity index (χ1) is 6.15. The van der Waals surface area contributed by atoms with Crippen molar-refractivity contribution in [3.63, 3.8) is 0 Å². The molecule has 2 nitrogen and oxygen atoms in total. The van der Waals surface area contributed by atoms with Crippen molar-refractivity contribution in [1.82, 2.24) is 0 Å². The summed E-state index contributed by atoms with van der Waals surface area (Å²) in [6.07, 6.45) is 0.498. The maximum absolute atomic E-state index is 11.2. The average Bonchev–Trinajstić information content (AvgIpc) is 2.17. The van der Waals surface area contributed by atoms with Crippen molar-refractivity contribution < 1.29 is 9.59 Å². The van der Waals surface area contributed by atoms with Crippen molar-refractivity contribution in [3.05, 3.63) is 35.4 Å². The largest absolute Gasteiger partial charge is 0.294 e. The maximum Gasteiger partial charge on any atom is 0.222 e. The van der Waals surface area contributed by atoms with Gasteiger partial charge in [0.1, 0.15) is 0 Å². The topological polar surface area (TPSA) is 34.1 Å². The lowest BCUT2D eigenvalue weighted by Gasteiger charge is -1.98. The highest BCUT2D eigenvalue weighted by molar-refractivity contribution is 14.1. The Morgan fingerprint density at radius 1 is 1.15 bits per heavy atom. The van der Waals surface area contributed by atoms with Crippen LogP contribution in [0.5, 0.6) is 0 Å². The van der Waals surface area contributed by atoms with Crippen molar-refractivity contribution in [2.45, 2.75) is 13.3 Å². The van der Waals surface area contributed by atoms with Gasteiger partial charge < -0.3 is 0 Å². The molecule has 3 heteroatoms. The van der Waals surface area contributed by atoms with Gasteiger partial charge in [0.15, 0.2) is 5.78 Å². The van der Waals surface area contributed by atoms with Crippen molar-refractivity contribution >= 4 is 32.2 Å². The molecule has 0 aliphatic heterocycles. The lowest BCUT2D eigenvalue weighted by molar-refractivity contribution is 0.0987. The molecule has 0 radical (unpaired) electrons. The third-order valence-electron chi connectivity index (χ3n) is 1.75. The zero-order valence-electron chi connectivity index (χ0n) is 7.21. The van der Waals surface area contributed by atoms with Crippen molar-refractivity contribution in [2.75, 3.05) is 0 Å². The zero-order valence-corrected chi connectivity index (χ0v) is 9.37. The molecule has 0 unspecified atom stereocenters. The molecule has 0 N–H and O–H groups in total. The van der Waals surface area contributed by atoms with Crippen LogP contribution in [0, 0.1) is 0 Å². The van der Waals surface area contributed by atoms with Gasteiger partial charge in [-0.2, -0.15) is 0 Å². The molecule has 0 aliphatic carbocycles. The SMILES string of the molecule is CCC(=O)c1ccc(C(=O)I)cc1. The summed E-state index contributed by atoms with van der Waals surface area (Å²) in [6.45, 7) is 1.82. The highest BCUT2D eigenvalue weighted by Gasteiger charge is 2.04. The molecule has 0 saturated heterocycles. The number of ketones is 1. The summed E-state index contributed by atoms with van der Waals surface area (Å²) < 4.78 is -0.00639. The molecule has 0 aliphatic rings. The fourth-order valence-electron chi connectivity index (χ4n) is 0.991. The van der Waals surface area contributed by atoms with Crippen LogP contribution in [0.15, 0.2) is 24.3 Å². The molecule has 0 spiro atoms. The predicted octanol–water partition coefficient (Wildman–Crippen LogP) is 2.85. The van der Waals surface area contributed by atoms with Crippen molar-refractivity contribution in [1.29, 1.82) is 0 Å². The predicted molar refractivity (Wildman–Crippen MR) is 59.4 cm³/mol. The quantitative estimate of drug-likeness (QED) is 0.487. The summed E-state index contributed by atoms with van der Waals surface area (Å²) in [5, 5.41) is 0. The van der Waals surface area contributed by atoms with Crippen LogP contribution in [-0.2, 0) is 0 Å². The summed E-state index contributed by atoms with van der Waals surface area (Å²) in [5.74, 6) is 0.104. The molecule has 0 aromatic heterocycles. The molecule has 0 bridgehead atoms. The Kier molecular flexibility index (Phi) is 3.59. The molecule has 0 fully saturated rings. The summed E-state index contributed by atoms with van der Waals surface area (Å²) in [6, 6.07) is 6.74. The van der Waals surface area contributed by atoms with E-state index in [2.05, 4.69) is 0 Å². The normalized spacial score (nSPS) is 9.69. The van der Waals surface area contributed by atoms with E-state index in [0.29, 0.717) is 17.5 Å². The van der Waals surface area contributed by atoms with E-state index in [1.54, 1.807) is 46.9 Å². The van der Waals surface area contributed by atoms with E-state index in [9.17, 15) is 9.59 Å². The van der Waals surface area contributed by atoms with Crippen LogP contribution in [0.25, 0.3) is 0 Å². The van der Waals surface area contributed by atoms with E-state index in [0.717, 1.165) is 0 Å². The third-order valence-corrected chi connectivity index (χ3v) is 2.38. The second-order valence-corrected chi connectivity index (χ2v) is 3.61. The minimum absolute atomic E-state index is 0.00639. The molecule has 0 saturated carbocycles. The van der Waals surface area contributed by atoms with E-state index in [4.69, 9.17) is 0 Å². The Morgan fingerprint density at radius 3 is 2.00 bits per heavy atom. The van der Waals surface area contributed by atoms with Gasteiger partial charge in [0.2, 0.25) is 3.79 Å². The molecular formula is C10H9IO2. The Bertz CT molecular complexity index is 327. The molecule has 0 amide bonds. The standard InChI is InChI=1S/C10H9IO2/c1-2-9(12)7-3-5-8(6-4-7)10(11)13/h3-6H,2H2,1H3. The second kappa shape index (κ2) is 4.50.